The highest BCUT2D eigenvalue weighted by Gasteiger charge is 2.23. The van der Waals surface area contributed by atoms with Crippen LogP contribution < -0.4 is 30.8 Å². The molecular formula is C40H35Cl2FN6O7. The molecule has 3 heterocycles. The summed E-state index contributed by atoms with van der Waals surface area (Å²) in [7, 11) is 1.54. The average molecular weight is 802 g/mol. The molecule has 13 nitrogen and oxygen atoms in total. The van der Waals surface area contributed by atoms with Crippen LogP contribution >= 0.6 is 23.2 Å². The Morgan fingerprint density at radius 2 is 1.73 bits per heavy atom. The van der Waals surface area contributed by atoms with Gasteiger partial charge in [-0.1, -0.05) is 53.5 Å². The molecule has 4 aromatic carbocycles. The Morgan fingerprint density at radius 1 is 0.929 bits per heavy atom. The fraction of sp³-hybridized carbons (Fsp3) is 0.225. The second-order valence-corrected chi connectivity index (χ2v) is 13.5. The van der Waals surface area contributed by atoms with Gasteiger partial charge in [-0.05, 0) is 54.4 Å². The number of carbonyl (C=O) groups is 1. The number of nitrogens with one attached hydrogen (secondary N) is 1. The third-order valence-electron chi connectivity index (χ3n) is 8.97. The molecule has 1 fully saturated rings. The summed E-state index contributed by atoms with van der Waals surface area (Å²) in [6.45, 7) is 4.39. The number of fused-ring (bicyclic) bond motifs is 1. The molecule has 1 amide bonds. The minimum absolute atomic E-state index is 0.00461. The zero-order valence-electron chi connectivity index (χ0n) is 30.0. The van der Waals surface area contributed by atoms with Crippen LogP contribution in [-0.2, 0) is 11.3 Å². The second-order valence-electron chi connectivity index (χ2n) is 12.7. The third kappa shape index (κ3) is 8.68. The number of benzene rings is 4. The number of hydrogen-bond donors (Lipinski definition) is 1. The smallest absolute Gasteiger partial charge is 0.352 e. The number of pyridine rings is 1. The lowest BCUT2D eigenvalue weighted by atomic mass is 10.1. The van der Waals surface area contributed by atoms with Gasteiger partial charge in [-0.3, -0.25) is 24.0 Å². The highest BCUT2D eigenvalue weighted by molar-refractivity contribution is 6.35. The summed E-state index contributed by atoms with van der Waals surface area (Å²) in [6, 6.07) is 21.9. The van der Waals surface area contributed by atoms with Gasteiger partial charge in [-0.25, -0.2) is 9.18 Å². The lowest BCUT2D eigenvalue weighted by Gasteiger charge is -2.26. The maximum atomic E-state index is 15.6. The summed E-state index contributed by atoms with van der Waals surface area (Å²) >= 11 is 12.5. The van der Waals surface area contributed by atoms with E-state index in [4.69, 9.17) is 42.1 Å². The first-order valence-electron chi connectivity index (χ1n) is 17.6. The second kappa shape index (κ2) is 17.3. The van der Waals surface area contributed by atoms with Crippen molar-refractivity contribution in [1.82, 2.24) is 24.2 Å². The predicted molar refractivity (Wildman–Crippen MR) is 210 cm³/mol. The molecule has 1 aliphatic rings. The van der Waals surface area contributed by atoms with Crippen molar-refractivity contribution in [3.05, 3.63) is 139 Å². The van der Waals surface area contributed by atoms with E-state index in [0.29, 0.717) is 45.3 Å². The maximum Gasteiger partial charge on any atom is 0.352 e. The van der Waals surface area contributed by atoms with Gasteiger partial charge in [0.15, 0.2) is 23.1 Å². The van der Waals surface area contributed by atoms with E-state index in [-0.39, 0.29) is 28.7 Å². The normalized spacial score (nSPS) is 13.1. The summed E-state index contributed by atoms with van der Waals surface area (Å²) in [5, 5.41) is 7.53. The Kier molecular flexibility index (Phi) is 11.9. The van der Waals surface area contributed by atoms with Gasteiger partial charge in [0, 0.05) is 54.1 Å². The molecule has 56 heavy (non-hydrogen) atoms. The number of rotatable bonds is 13. The van der Waals surface area contributed by atoms with Crippen molar-refractivity contribution in [3.8, 4) is 28.7 Å². The van der Waals surface area contributed by atoms with Crippen LogP contribution in [0.2, 0.25) is 10.0 Å². The Bertz CT molecular complexity index is 2510. The minimum atomic E-state index is -0.990. The first-order chi connectivity index (χ1) is 27.2. The number of ether oxygens (including phenoxy) is 4. The number of halogens is 3. The van der Waals surface area contributed by atoms with E-state index in [1.165, 1.54) is 36.5 Å². The quantitative estimate of drug-likeness (QED) is 0.127. The number of anilines is 1. The Balaban J connectivity index is 1.12. The van der Waals surface area contributed by atoms with Gasteiger partial charge in [0.25, 0.3) is 11.5 Å². The van der Waals surface area contributed by atoms with Gasteiger partial charge < -0.3 is 24.3 Å². The van der Waals surface area contributed by atoms with Gasteiger partial charge in [0.05, 0.1) is 49.7 Å². The van der Waals surface area contributed by atoms with E-state index in [1.54, 1.807) is 55.6 Å². The Hall–Kier alpha value is -5.80. The molecule has 16 heteroatoms. The van der Waals surface area contributed by atoms with Gasteiger partial charge >= 0.3 is 5.69 Å². The maximum absolute atomic E-state index is 15.6. The number of nitrogens with zero attached hydrogens (tertiary/aromatic N) is 5. The van der Waals surface area contributed by atoms with E-state index < -0.39 is 28.7 Å². The molecule has 1 saturated heterocycles. The summed E-state index contributed by atoms with van der Waals surface area (Å²) in [4.78, 5) is 47.6. The van der Waals surface area contributed by atoms with Crippen molar-refractivity contribution in [1.29, 1.82) is 0 Å². The van der Waals surface area contributed by atoms with Crippen LogP contribution in [0.4, 0.5) is 10.1 Å². The molecule has 0 bridgehead atoms. The Morgan fingerprint density at radius 3 is 2.48 bits per heavy atom. The molecule has 0 unspecified atom stereocenters. The lowest BCUT2D eigenvalue weighted by Crippen LogP contribution is -2.45. The number of hydrogen-bond acceptors (Lipinski definition) is 10. The first kappa shape index (κ1) is 38.5. The summed E-state index contributed by atoms with van der Waals surface area (Å²) in [6.07, 6.45) is 2.33. The number of carbonyl (C=O) groups excluding carboxylic acids is 1. The fourth-order valence-electron chi connectivity index (χ4n) is 6.13. The van der Waals surface area contributed by atoms with Gasteiger partial charge in [0.2, 0.25) is 5.69 Å². The standard InChI is InChI=1S/C40H35Cl2FN6O7/c1-53-35-23-31-28(22-36(35)55-17-5-14-47-15-18-54-19-16-47)33(12-13-44-31)56-34-11-9-27(21-30(34)43)45-38(50)37-39(51)48(24-25-6-3-2-4-7-25)40(52)49(46-37)32-10-8-26(41)20-29(32)42/h2-4,6-13,20-23H,5,14-19,24H2,1H3,(H,45,50). The van der Waals surface area contributed by atoms with Gasteiger partial charge in [0.1, 0.15) is 5.75 Å². The van der Waals surface area contributed by atoms with Crippen molar-refractivity contribution in [2.75, 3.05) is 51.9 Å². The van der Waals surface area contributed by atoms with Crippen molar-refractivity contribution >= 4 is 45.7 Å². The van der Waals surface area contributed by atoms with Crippen molar-refractivity contribution < 1.29 is 28.1 Å². The molecule has 0 atom stereocenters. The van der Waals surface area contributed by atoms with Crippen LogP contribution in [0.15, 0.2) is 101 Å². The zero-order valence-corrected chi connectivity index (χ0v) is 31.6. The molecule has 6 aromatic rings. The molecule has 1 N–H and O–H groups in total. The molecule has 0 aliphatic carbocycles. The number of morpholine rings is 1. The molecule has 0 spiro atoms. The highest BCUT2D eigenvalue weighted by Crippen LogP contribution is 2.38. The summed E-state index contributed by atoms with van der Waals surface area (Å²) < 4.78 is 40.5. The minimum Gasteiger partial charge on any atom is -0.493 e. The lowest BCUT2D eigenvalue weighted by molar-refractivity contribution is 0.0357. The van der Waals surface area contributed by atoms with Crippen LogP contribution in [0.1, 0.15) is 22.5 Å². The monoisotopic (exact) mass is 800 g/mol. The largest absolute Gasteiger partial charge is 0.493 e. The van der Waals surface area contributed by atoms with Crippen molar-refractivity contribution in [2.24, 2.45) is 0 Å². The van der Waals surface area contributed by atoms with Crippen LogP contribution in [-0.4, -0.2) is 76.7 Å². The molecule has 0 saturated carbocycles. The SMILES string of the molecule is COc1cc2nccc(Oc3ccc(NC(=O)c4nn(-c5ccc(Cl)cc5Cl)c(=O)n(Cc5ccccc5)c4=O)cc3F)c2cc1OCCCN1CCOCC1. The van der Waals surface area contributed by atoms with Crippen LogP contribution in [0, 0.1) is 5.82 Å². The Labute approximate surface area is 329 Å². The number of amides is 1. The van der Waals surface area contributed by atoms with Gasteiger partial charge in [-0.2, -0.15) is 9.78 Å². The van der Waals surface area contributed by atoms with Crippen molar-refractivity contribution in [3.63, 3.8) is 0 Å². The van der Waals surface area contributed by atoms with E-state index in [9.17, 15) is 14.4 Å². The zero-order chi connectivity index (χ0) is 39.2. The molecule has 7 rings (SSSR count). The van der Waals surface area contributed by atoms with E-state index in [2.05, 4.69) is 20.3 Å². The number of aromatic nitrogens is 4. The summed E-state index contributed by atoms with van der Waals surface area (Å²) in [5.41, 5.74) is -1.18. The van der Waals surface area contributed by atoms with E-state index >= 15 is 4.39 Å². The summed E-state index contributed by atoms with van der Waals surface area (Å²) in [5.74, 6) is -0.665. The van der Waals surface area contributed by atoms with E-state index in [1.807, 2.05) is 0 Å². The molecule has 288 valence electrons. The predicted octanol–water partition coefficient (Wildman–Crippen LogP) is 6.59. The third-order valence-corrected chi connectivity index (χ3v) is 9.51. The molecule has 0 radical (unpaired) electrons. The van der Waals surface area contributed by atoms with Crippen molar-refractivity contribution in [2.45, 2.75) is 13.0 Å². The highest BCUT2D eigenvalue weighted by atomic mass is 35.5. The fourth-order valence-corrected chi connectivity index (χ4v) is 6.62. The topological polar surface area (TPSA) is 139 Å². The first-order valence-corrected chi connectivity index (χ1v) is 18.4. The van der Waals surface area contributed by atoms with Crippen LogP contribution in [0.5, 0.6) is 23.0 Å². The van der Waals surface area contributed by atoms with Gasteiger partial charge in [-0.15, -0.1) is 0 Å². The van der Waals surface area contributed by atoms with E-state index in [0.717, 1.165) is 54.6 Å². The number of methoxy groups -OCH3 is 1. The molecule has 1 aliphatic heterocycles. The molecule has 2 aromatic heterocycles. The van der Waals surface area contributed by atoms with Crippen LogP contribution in [0.3, 0.4) is 0 Å². The van der Waals surface area contributed by atoms with Crippen LogP contribution in [0.25, 0.3) is 16.6 Å². The molecular weight excluding hydrogens is 766 g/mol. The average Bonchev–Trinajstić information content (AvgIpc) is 3.20.